The average molecular weight is 274 g/mol. The number of carboxylic acid groups (broad SMARTS) is 1. The minimum Gasteiger partial charge on any atom is -0.530 e. The third kappa shape index (κ3) is 3.30. The molecule has 0 saturated heterocycles. The van der Waals surface area contributed by atoms with Gasteiger partial charge in [0.05, 0.1) is 0 Å². The van der Waals surface area contributed by atoms with Gasteiger partial charge in [0.15, 0.2) is 6.61 Å². The second kappa shape index (κ2) is 4.99. The molecule has 0 saturated carbocycles. The van der Waals surface area contributed by atoms with E-state index in [-0.39, 0.29) is 18.8 Å². The van der Waals surface area contributed by atoms with Crippen molar-refractivity contribution in [3.63, 3.8) is 0 Å². The van der Waals surface area contributed by atoms with Crippen molar-refractivity contribution in [3.8, 4) is 5.75 Å². The Bertz CT molecular complexity index is 488. The number of nitrogens with zero attached hydrogens (tertiary/aromatic N) is 1. The predicted molar refractivity (Wildman–Crippen MR) is 57.5 cm³/mol. The molecule has 1 aromatic rings. The monoisotopic (exact) mass is 274 g/mol. The van der Waals surface area contributed by atoms with E-state index >= 15 is 0 Å². The van der Waals surface area contributed by atoms with Crippen LogP contribution in [0.5, 0.6) is 5.75 Å². The fourth-order valence-electron chi connectivity index (χ4n) is 2.03. The molecule has 0 N–H and O–H groups in total. The molecule has 0 aromatic heterocycles. The highest BCUT2D eigenvalue weighted by atomic mass is 19.4. The van der Waals surface area contributed by atoms with Crippen LogP contribution in [0.15, 0.2) is 18.2 Å². The summed E-state index contributed by atoms with van der Waals surface area (Å²) in [5, 5.41) is 10.7. The molecule has 0 fully saturated rings. The minimum atomic E-state index is -4.39. The van der Waals surface area contributed by atoms with Crippen LogP contribution in [0.4, 0.5) is 18.0 Å². The maximum absolute atomic E-state index is 12.1. The van der Waals surface area contributed by atoms with E-state index in [1.54, 1.807) is 12.1 Å². The van der Waals surface area contributed by atoms with Crippen molar-refractivity contribution in [2.24, 2.45) is 0 Å². The Kier molecular flexibility index (Phi) is 3.55. The van der Waals surface area contributed by atoms with Crippen molar-refractivity contribution in [2.75, 3.05) is 13.2 Å². The largest absolute Gasteiger partial charge is 0.530 e. The number of benzene rings is 1. The lowest BCUT2D eigenvalue weighted by Crippen LogP contribution is -2.43. The van der Waals surface area contributed by atoms with Gasteiger partial charge in [0.1, 0.15) is 11.8 Å². The van der Waals surface area contributed by atoms with E-state index in [9.17, 15) is 23.1 Å². The Balaban J connectivity index is 2.16. The molecule has 1 aliphatic rings. The summed E-state index contributed by atoms with van der Waals surface area (Å²) in [6.45, 7) is -1.05. The summed E-state index contributed by atoms with van der Waals surface area (Å²) in [4.78, 5) is 11.8. The van der Waals surface area contributed by atoms with Crippen molar-refractivity contribution in [3.05, 3.63) is 29.3 Å². The van der Waals surface area contributed by atoms with Gasteiger partial charge in [0, 0.05) is 18.7 Å². The van der Waals surface area contributed by atoms with Crippen LogP contribution in [0.25, 0.3) is 0 Å². The van der Waals surface area contributed by atoms with Gasteiger partial charge in [-0.1, -0.05) is 12.1 Å². The normalized spacial score (nSPS) is 15.0. The van der Waals surface area contributed by atoms with Crippen LogP contribution in [0.2, 0.25) is 0 Å². The highest BCUT2D eigenvalue weighted by molar-refractivity contribution is 5.63. The van der Waals surface area contributed by atoms with E-state index in [1.807, 2.05) is 0 Å². The van der Waals surface area contributed by atoms with Crippen molar-refractivity contribution in [1.29, 1.82) is 0 Å². The lowest BCUT2D eigenvalue weighted by Gasteiger charge is -2.31. The van der Waals surface area contributed by atoms with Crippen LogP contribution >= 0.6 is 0 Å². The molecule has 19 heavy (non-hydrogen) atoms. The Morgan fingerprint density at radius 2 is 2.16 bits per heavy atom. The fourth-order valence-corrected chi connectivity index (χ4v) is 2.03. The minimum absolute atomic E-state index is 0.112. The Hall–Kier alpha value is -1.92. The number of hydrogen-bond donors (Lipinski definition) is 0. The topological polar surface area (TPSA) is 52.6 Å². The number of alkyl halides is 3. The number of hydrogen-bond acceptors (Lipinski definition) is 3. The maximum Gasteiger partial charge on any atom is 0.422 e. The molecular formula is C12H11F3NO3-. The Morgan fingerprint density at radius 1 is 1.42 bits per heavy atom. The number of ether oxygens (including phenoxy) is 1. The summed E-state index contributed by atoms with van der Waals surface area (Å²) in [6.07, 6.45) is -5.36. The molecule has 7 heteroatoms. The van der Waals surface area contributed by atoms with Crippen molar-refractivity contribution >= 4 is 6.09 Å². The van der Waals surface area contributed by atoms with E-state index < -0.39 is 18.9 Å². The molecule has 4 nitrogen and oxygen atoms in total. The van der Waals surface area contributed by atoms with Crippen LogP contribution < -0.4 is 9.84 Å². The number of carbonyl (C=O) groups is 1. The number of fused-ring (bicyclic) bond motifs is 1. The zero-order valence-electron chi connectivity index (χ0n) is 9.87. The van der Waals surface area contributed by atoms with Crippen LogP contribution in [-0.4, -0.2) is 30.3 Å². The van der Waals surface area contributed by atoms with E-state index in [0.29, 0.717) is 17.5 Å². The molecule has 1 aliphatic heterocycles. The molecule has 0 spiro atoms. The zero-order chi connectivity index (χ0) is 14.0. The zero-order valence-corrected chi connectivity index (χ0v) is 9.87. The molecule has 104 valence electrons. The summed E-state index contributed by atoms with van der Waals surface area (Å²) in [7, 11) is 0. The summed E-state index contributed by atoms with van der Waals surface area (Å²) in [6, 6.07) is 4.67. The number of amides is 1. The van der Waals surface area contributed by atoms with Crippen molar-refractivity contribution < 1.29 is 27.8 Å². The van der Waals surface area contributed by atoms with Crippen LogP contribution in [-0.2, 0) is 13.0 Å². The summed E-state index contributed by atoms with van der Waals surface area (Å²) < 4.78 is 41.1. The van der Waals surface area contributed by atoms with Crippen molar-refractivity contribution in [2.45, 2.75) is 19.1 Å². The summed E-state index contributed by atoms with van der Waals surface area (Å²) in [5.41, 5.74) is 1.28. The first-order valence-electron chi connectivity index (χ1n) is 5.63. The fraction of sp³-hybridized carbons (Fsp3) is 0.417. The Morgan fingerprint density at radius 3 is 2.79 bits per heavy atom. The summed E-state index contributed by atoms with van der Waals surface area (Å²) >= 11 is 0. The average Bonchev–Trinajstić information content (AvgIpc) is 2.34. The number of halogens is 3. The number of carbonyl (C=O) groups excluding carboxylic acids is 1. The van der Waals surface area contributed by atoms with Gasteiger partial charge in [0.2, 0.25) is 0 Å². The first-order chi connectivity index (χ1) is 8.87. The van der Waals surface area contributed by atoms with E-state index in [0.717, 1.165) is 4.90 Å². The third-order valence-electron chi connectivity index (χ3n) is 2.87. The predicted octanol–water partition coefficient (Wildman–Crippen LogP) is 1.33. The second-order valence-electron chi connectivity index (χ2n) is 4.24. The van der Waals surface area contributed by atoms with Gasteiger partial charge in [-0.3, -0.25) is 0 Å². The lowest BCUT2D eigenvalue weighted by molar-refractivity contribution is -0.266. The highest BCUT2D eigenvalue weighted by Crippen LogP contribution is 2.29. The second-order valence-corrected chi connectivity index (χ2v) is 4.24. The van der Waals surface area contributed by atoms with Gasteiger partial charge in [-0.05, 0) is 18.1 Å². The van der Waals surface area contributed by atoms with Gasteiger partial charge in [-0.2, -0.15) is 13.2 Å². The van der Waals surface area contributed by atoms with Gasteiger partial charge in [-0.25, -0.2) is 0 Å². The van der Waals surface area contributed by atoms with E-state index in [4.69, 9.17) is 4.74 Å². The third-order valence-corrected chi connectivity index (χ3v) is 2.87. The van der Waals surface area contributed by atoms with Crippen molar-refractivity contribution in [1.82, 2.24) is 4.90 Å². The molecule has 1 amide bonds. The highest BCUT2D eigenvalue weighted by Gasteiger charge is 2.29. The molecule has 0 unspecified atom stereocenters. The van der Waals surface area contributed by atoms with Gasteiger partial charge in [0.25, 0.3) is 0 Å². The van der Waals surface area contributed by atoms with Gasteiger partial charge in [-0.15, -0.1) is 0 Å². The molecule has 1 heterocycles. The molecule has 0 atom stereocenters. The number of rotatable bonds is 2. The van der Waals surface area contributed by atoms with E-state index in [2.05, 4.69) is 0 Å². The van der Waals surface area contributed by atoms with E-state index in [1.165, 1.54) is 6.07 Å². The maximum atomic E-state index is 12.1. The van der Waals surface area contributed by atoms with Crippen LogP contribution in [0.1, 0.15) is 11.1 Å². The van der Waals surface area contributed by atoms with Crippen LogP contribution in [0, 0.1) is 0 Å². The van der Waals surface area contributed by atoms with Crippen LogP contribution in [0.3, 0.4) is 0 Å². The molecule has 0 aliphatic carbocycles. The lowest BCUT2D eigenvalue weighted by atomic mass is 9.99. The first-order valence-corrected chi connectivity index (χ1v) is 5.63. The molecular weight excluding hydrogens is 263 g/mol. The first kappa shape index (κ1) is 13.5. The molecule has 2 rings (SSSR count). The molecule has 1 aromatic carbocycles. The van der Waals surface area contributed by atoms with Gasteiger partial charge >= 0.3 is 6.18 Å². The van der Waals surface area contributed by atoms with Gasteiger partial charge < -0.3 is 19.5 Å². The molecule has 0 radical (unpaired) electrons. The Labute approximate surface area is 107 Å². The summed E-state index contributed by atoms with van der Waals surface area (Å²) in [5.74, 6) is 0.160. The standard InChI is InChI=1S/C12H12F3NO3/c13-12(14,15)7-19-10-3-1-2-8-6-16(11(17)18)5-4-9(8)10/h1-3H,4-7H2,(H,17,18)/p-1. The molecule has 0 bridgehead atoms. The SMILES string of the molecule is O=C([O-])N1CCc2c(cccc2OCC(F)(F)F)C1. The quantitative estimate of drug-likeness (QED) is 0.817. The smallest absolute Gasteiger partial charge is 0.422 e.